The smallest absolute Gasteiger partial charge is 0.150 e. The number of pyridine rings is 1. The van der Waals surface area contributed by atoms with Crippen LogP contribution in [-0.4, -0.2) is 27.1 Å². The van der Waals surface area contributed by atoms with Crippen LogP contribution in [0.15, 0.2) is 46.9 Å². The van der Waals surface area contributed by atoms with E-state index >= 15 is 0 Å². The zero-order valence-corrected chi connectivity index (χ0v) is 17.9. The van der Waals surface area contributed by atoms with Crippen molar-refractivity contribution in [2.75, 3.05) is 10.8 Å². The van der Waals surface area contributed by atoms with Gasteiger partial charge in [0.15, 0.2) is 0 Å². The summed E-state index contributed by atoms with van der Waals surface area (Å²) in [6.45, 7) is 2.18. The maximum atomic E-state index is 11.2. The number of aldehydes is 1. The van der Waals surface area contributed by atoms with E-state index in [4.69, 9.17) is 4.98 Å². The largest absolute Gasteiger partial charge is 0.298 e. The van der Waals surface area contributed by atoms with Gasteiger partial charge in [-0.25, -0.2) is 9.97 Å². The van der Waals surface area contributed by atoms with Gasteiger partial charge in [0, 0.05) is 27.8 Å². The Balaban J connectivity index is 2.03. The predicted octanol–water partition coefficient (Wildman–Crippen LogP) is 6.14. The van der Waals surface area contributed by atoms with E-state index < -0.39 is 0 Å². The molecule has 3 rings (SSSR count). The van der Waals surface area contributed by atoms with Crippen molar-refractivity contribution in [3.05, 3.63) is 53.0 Å². The molecule has 4 nitrogen and oxygen atoms in total. The standard InChI is InChI=1S/C21H19N3OS3/c1-2-3-8-26-14-28-20-18(12-22)17(16-6-4-5-15(10-16)13-25)11-19(24-20)21-23-7-9-27-21/h4-7,9-11,13H,2-3,8,14H2,1H3. The molecule has 0 spiro atoms. The maximum absolute atomic E-state index is 11.2. The van der Waals surface area contributed by atoms with E-state index in [-0.39, 0.29) is 0 Å². The Bertz CT molecular complexity index is 981. The van der Waals surface area contributed by atoms with Crippen LogP contribution in [0.5, 0.6) is 0 Å². The van der Waals surface area contributed by atoms with Gasteiger partial charge in [-0.1, -0.05) is 43.3 Å². The summed E-state index contributed by atoms with van der Waals surface area (Å²) in [5, 5.41) is 14.1. The van der Waals surface area contributed by atoms with Crippen molar-refractivity contribution in [3.63, 3.8) is 0 Å². The van der Waals surface area contributed by atoms with E-state index in [0.29, 0.717) is 16.2 Å². The van der Waals surface area contributed by atoms with Gasteiger partial charge >= 0.3 is 0 Å². The number of nitriles is 1. The average Bonchev–Trinajstić information content (AvgIpc) is 3.28. The van der Waals surface area contributed by atoms with E-state index in [1.165, 1.54) is 24.2 Å². The third-order valence-electron chi connectivity index (χ3n) is 4.00. The Morgan fingerprint density at radius 3 is 2.93 bits per heavy atom. The van der Waals surface area contributed by atoms with E-state index in [1.54, 1.807) is 30.1 Å². The molecule has 0 N–H and O–H groups in total. The van der Waals surface area contributed by atoms with Crippen molar-refractivity contribution < 1.29 is 4.79 Å². The second kappa shape index (κ2) is 10.4. The summed E-state index contributed by atoms with van der Waals surface area (Å²) >= 11 is 4.96. The Hall–Kier alpha value is -2.14. The van der Waals surface area contributed by atoms with Gasteiger partial charge in [-0.2, -0.15) is 17.0 Å². The number of benzene rings is 1. The number of nitrogens with zero attached hydrogens (tertiary/aromatic N) is 3. The van der Waals surface area contributed by atoms with Crippen LogP contribution in [0.3, 0.4) is 0 Å². The van der Waals surface area contributed by atoms with Crippen molar-refractivity contribution in [1.29, 1.82) is 5.26 Å². The molecule has 0 aliphatic heterocycles. The number of aromatic nitrogens is 2. The molecule has 28 heavy (non-hydrogen) atoms. The highest BCUT2D eigenvalue weighted by molar-refractivity contribution is 8.15. The third kappa shape index (κ3) is 5.02. The van der Waals surface area contributed by atoms with Crippen LogP contribution in [-0.2, 0) is 0 Å². The number of hydrogen-bond donors (Lipinski definition) is 0. The SMILES string of the molecule is CCCCSCSc1nc(-c2nccs2)cc(-c2cccc(C=O)c2)c1C#N. The molecule has 0 aliphatic rings. The van der Waals surface area contributed by atoms with Gasteiger partial charge in [-0.3, -0.25) is 4.79 Å². The molecule has 2 heterocycles. The maximum Gasteiger partial charge on any atom is 0.150 e. The lowest BCUT2D eigenvalue weighted by molar-refractivity contribution is 0.112. The molecule has 142 valence electrons. The van der Waals surface area contributed by atoms with Crippen molar-refractivity contribution >= 4 is 41.1 Å². The van der Waals surface area contributed by atoms with Crippen molar-refractivity contribution in [2.45, 2.75) is 24.8 Å². The summed E-state index contributed by atoms with van der Waals surface area (Å²) in [6, 6.07) is 11.5. The average molecular weight is 426 g/mol. The summed E-state index contributed by atoms with van der Waals surface area (Å²) < 4.78 is 0. The molecule has 7 heteroatoms. The molecule has 0 aliphatic carbocycles. The zero-order valence-electron chi connectivity index (χ0n) is 15.4. The lowest BCUT2D eigenvalue weighted by atomic mass is 9.99. The lowest BCUT2D eigenvalue weighted by Crippen LogP contribution is -1.96. The van der Waals surface area contributed by atoms with E-state index in [9.17, 15) is 10.1 Å². The first-order valence-corrected chi connectivity index (χ1v) is 11.9. The summed E-state index contributed by atoms with van der Waals surface area (Å²) in [7, 11) is 0. The Morgan fingerprint density at radius 1 is 1.32 bits per heavy atom. The van der Waals surface area contributed by atoms with E-state index in [1.807, 2.05) is 35.3 Å². The van der Waals surface area contributed by atoms with Crippen LogP contribution in [0, 0.1) is 11.3 Å². The van der Waals surface area contributed by atoms with Gasteiger partial charge in [0.2, 0.25) is 0 Å². The number of thiazole rings is 1. The molecular formula is C21H19N3OS3. The number of carbonyl (C=O) groups is 1. The molecule has 0 fully saturated rings. The normalized spacial score (nSPS) is 10.6. The van der Waals surface area contributed by atoms with Crippen LogP contribution in [0.2, 0.25) is 0 Å². The molecular weight excluding hydrogens is 406 g/mol. The van der Waals surface area contributed by atoms with Crippen LogP contribution >= 0.6 is 34.9 Å². The highest BCUT2D eigenvalue weighted by Crippen LogP contribution is 2.35. The minimum atomic E-state index is 0.546. The lowest BCUT2D eigenvalue weighted by Gasteiger charge is -2.12. The monoisotopic (exact) mass is 425 g/mol. The van der Waals surface area contributed by atoms with Crippen molar-refractivity contribution in [2.24, 2.45) is 0 Å². The molecule has 0 amide bonds. The Kier molecular flexibility index (Phi) is 7.66. The predicted molar refractivity (Wildman–Crippen MR) is 119 cm³/mol. The Labute approximate surface area is 177 Å². The fourth-order valence-corrected chi connectivity index (χ4v) is 5.41. The summed E-state index contributed by atoms with van der Waals surface area (Å²) in [6.07, 6.45) is 4.93. The minimum absolute atomic E-state index is 0.546. The van der Waals surface area contributed by atoms with Gasteiger partial charge in [-0.15, -0.1) is 11.3 Å². The molecule has 0 bridgehead atoms. The number of rotatable bonds is 9. The first-order chi connectivity index (χ1) is 13.8. The summed E-state index contributed by atoms with van der Waals surface area (Å²) in [4.78, 5) is 20.3. The van der Waals surface area contributed by atoms with Crippen LogP contribution in [0.25, 0.3) is 21.8 Å². The number of unbranched alkanes of at least 4 members (excludes halogenated alkanes) is 1. The van der Waals surface area contributed by atoms with Crippen molar-refractivity contribution in [1.82, 2.24) is 9.97 Å². The van der Waals surface area contributed by atoms with Crippen molar-refractivity contribution in [3.8, 4) is 27.9 Å². The quantitative estimate of drug-likeness (QED) is 0.178. The van der Waals surface area contributed by atoms with Gasteiger partial charge in [-0.05, 0) is 29.9 Å². The Morgan fingerprint density at radius 2 is 2.21 bits per heavy atom. The molecule has 0 saturated carbocycles. The minimum Gasteiger partial charge on any atom is -0.298 e. The molecule has 3 aromatic rings. The second-order valence-electron chi connectivity index (χ2n) is 5.95. The van der Waals surface area contributed by atoms with Gasteiger partial charge in [0.05, 0.1) is 5.56 Å². The van der Waals surface area contributed by atoms with Crippen LogP contribution in [0.1, 0.15) is 35.7 Å². The molecule has 1 aromatic carbocycles. The molecule has 2 aromatic heterocycles. The second-order valence-corrected chi connectivity index (χ2v) is 9.28. The highest BCUT2D eigenvalue weighted by atomic mass is 32.2. The third-order valence-corrected chi connectivity index (χ3v) is 7.08. The molecule has 0 saturated heterocycles. The number of hydrogen-bond acceptors (Lipinski definition) is 7. The van der Waals surface area contributed by atoms with Crippen LogP contribution < -0.4 is 0 Å². The first-order valence-electron chi connectivity index (χ1n) is 8.88. The first kappa shape index (κ1) is 20.6. The zero-order chi connectivity index (χ0) is 19.8. The fraction of sp³-hybridized carbons (Fsp3) is 0.238. The molecule has 0 radical (unpaired) electrons. The molecule has 0 unspecified atom stereocenters. The number of carbonyl (C=O) groups excluding carboxylic acids is 1. The van der Waals surface area contributed by atoms with Crippen LogP contribution in [0.4, 0.5) is 0 Å². The van der Waals surface area contributed by atoms with E-state index in [2.05, 4.69) is 18.0 Å². The fourth-order valence-electron chi connectivity index (χ4n) is 2.60. The van der Waals surface area contributed by atoms with Gasteiger partial charge in [0.25, 0.3) is 0 Å². The highest BCUT2D eigenvalue weighted by Gasteiger charge is 2.17. The van der Waals surface area contributed by atoms with Gasteiger partial charge < -0.3 is 0 Å². The van der Waals surface area contributed by atoms with E-state index in [0.717, 1.165) is 39.0 Å². The number of thioether (sulfide) groups is 2. The summed E-state index contributed by atoms with van der Waals surface area (Å²) in [5.41, 5.74) is 3.50. The molecule has 0 atom stereocenters. The van der Waals surface area contributed by atoms with Gasteiger partial charge in [0.1, 0.15) is 28.1 Å². The topological polar surface area (TPSA) is 66.6 Å². The summed E-state index contributed by atoms with van der Waals surface area (Å²) in [5.74, 6) is 1.10.